The minimum Gasteiger partial charge on any atom is -0.481 e. The lowest BCUT2D eigenvalue weighted by Gasteiger charge is -2.09. The second kappa shape index (κ2) is 6.01. The minimum absolute atomic E-state index is 0.104. The molecule has 0 radical (unpaired) electrons. The number of ether oxygens (including phenoxy) is 1. The van der Waals surface area contributed by atoms with Crippen LogP contribution in [0.25, 0.3) is 0 Å². The van der Waals surface area contributed by atoms with Gasteiger partial charge >= 0.3 is 0 Å². The molecule has 0 aliphatic heterocycles. The summed E-state index contributed by atoms with van der Waals surface area (Å²) in [5.41, 5.74) is 6.70. The molecule has 0 saturated heterocycles. The van der Waals surface area contributed by atoms with Gasteiger partial charge in [0.25, 0.3) is 5.91 Å². The Balaban J connectivity index is 2.11. The Morgan fingerprint density at radius 2 is 2.25 bits per heavy atom. The molecule has 2 aromatic rings. The summed E-state index contributed by atoms with van der Waals surface area (Å²) in [6.45, 7) is 0.214. The van der Waals surface area contributed by atoms with Crippen molar-refractivity contribution in [2.45, 2.75) is 6.54 Å². The molecule has 0 saturated carbocycles. The van der Waals surface area contributed by atoms with E-state index in [0.29, 0.717) is 5.88 Å². The predicted octanol–water partition coefficient (Wildman–Crippen LogP) is 1.74. The molecule has 0 aliphatic rings. The van der Waals surface area contributed by atoms with Crippen LogP contribution in [-0.4, -0.2) is 18.0 Å². The van der Waals surface area contributed by atoms with E-state index in [9.17, 15) is 9.18 Å². The van der Waals surface area contributed by atoms with Crippen molar-refractivity contribution >= 4 is 11.6 Å². The number of carbonyl (C=O) groups excluding carboxylic acids is 1. The van der Waals surface area contributed by atoms with E-state index in [-0.39, 0.29) is 17.8 Å². The number of hydrogen-bond acceptors (Lipinski definition) is 4. The third-order valence-corrected chi connectivity index (χ3v) is 2.74. The molecule has 1 aromatic carbocycles. The molecular weight excluding hydrogens is 261 g/mol. The number of pyridine rings is 1. The van der Waals surface area contributed by atoms with E-state index in [4.69, 9.17) is 10.5 Å². The average molecular weight is 275 g/mol. The van der Waals surface area contributed by atoms with Crippen LogP contribution in [0.1, 0.15) is 15.9 Å². The van der Waals surface area contributed by atoms with Gasteiger partial charge in [-0.05, 0) is 24.3 Å². The zero-order valence-electron chi connectivity index (χ0n) is 10.9. The van der Waals surface area contributed by atoms with Crippen molar-refractivity contribution in [3.63, 3.8) is 0 Å². The van der Waals surface area contributed by atoms with E-state index in [1.165, 1.54) is 19.2 Å². The van der Waals surface area contributed by atoms with Crippen LogP contribution in [-0.2, 0) is 6.54 Å². The van der Waals surface area contributed by atoms with Gasteiger partial charge in [0.1, 0.15) is 5.82 Å². The molecule has 0 unspecified atom stereocenters. The second-order valence-corrected chi connectivity index (χ2v) is 4.09. The lowest BCUT2D eigenvalue weighted by Crippen LogP contribution is -2.24. The number of aromatic nitrogens is 1. The highest BCUT2D eigenvalue weighted by molar-refractivity contribution is 5.99. The first kappa shape index (κ1) is 13.8. The van der Waals surface area contributed by atoms with Gasteiger partial charge in [-0.15, -0.1) is 0 Å². The molecule has 20 heavy (non-hydrogen) atoms. The highest BCUT2D eigenvalue weighted by Gasteiger charge is 2.12. The summed E-state index contributed by atoms with van der Waals surface area (Å²) in [7, 11) is 1.50. The lowest BCUT2D eigenvalue weighted by molar-refractivity contribution is 0.0951. The summed E-state index contributed by atoms with van der Waals surface area (Å²) in [5.74, 6) is -0.531. The Labute approximate surface area is 115 Å². The number of benzene rings is 1. The van der Waals surface area contributed by atoms with Gasteiger partial charge < -0.3 is 15.8 Å². The highest BCUT2D eigenvalue weighted by atomic mass is 19.1. The number of nitrogen functional groups attached to an aromatic ring is 1. The lowest BCUT2D eigenvalue weighted by atomic mass is 10.1. The molecule has 0 fully saturated rings. The maximum Gasteiger partial charge on any atom is 0.253 e. The number of halogens is 1. The number of anilines is 1. The van der Waals surface area contributed by atoms with Crippen LogP contribution < -0.4 is 15.8 Å². The van der Waals surface area contributed by atoms with Gasteiger partial charge in [-0.3, -0.25) is 4.79 Å². The van der Waals surface area contributed by atoms with Crippen molar-refractivity contribution in [2.75, 3.05) is 12.8 Å². The molecule has 0 aliphatic carbocycles. The summed E-state index contributed by atoms with van der Waals surface area (Å²) < 4.78 is 18.2. The van der Waals surface area contributed by atoms with Crippen LogP contribution in [0.15, 0.2) is 36.5 Å². The maximum absolute atomic E-state index is 13.1. The molecule has 5 nitrogen and oxygen atoms in total. The van der Waals surface area contributed by atoms with Gasteiger partial charge in [-0.25, -0.2) is 9.37 Å². The molecule has 1 heterocycles. The van der Waals surface area contributed by atoms with Crippen LogP contribution in [0.4, 0.5) is 10.1 Å². The van der Waals surface area contributed by atoms with E-state index >= 15 is 0 Å². The number of amides is 1. The van der Waals surface area contributed by atoms with Gasteiger partial charge in [0.2, 0.25) is 5.88 Å². The Morgan fingerprint density at radius 3 is 3.00 bits per heavy atom. The van der Waals surface area contributed by atoms with Crippen LogP contribution in [0.3, 0.4) is 0 Å². The standard InChI is InChI=1S/C14H14FN3O2/c1-20-14-9(3-2-6-17-14)8-18-13(19)11-7-10(15)4-5-12(11)16/h2-7H,8,16H2,1H3,(H,18,19). The third-order valence-electron chi connectivity index (χ3n) is 2.74. The molecule has 2 rings (SSSR count). The van der Waals surface area contributed by atoms with Crippen molar-refractivity contribution < 1.29 is 13.9 Å². The smallest absolute Gasteiger partial charge is 0.253 e. The number of hydrogen-bond donors (Lipinski definition) is 2. The molecule has 0 atom stereocenters. The van der Waals surface area contributed by atoms with Crippen molar-refractivity contribution in [3.8, 4) is 5.88 Å². The average Bonchev–Trinajstić information content (AvgIpc) is 2.47. The van der Waals surface area contributed by atoms with Crippen LogP contribution in [0.5, 0.6) is 5.88 Å². The zero-order valence-corrected chi connectivity index (χ0v) is 10.9. The first-order valence-electron chi connectivity index (χ1n) is 5.93. The van der Waals surface area contributed by atoms with Crippen molar-refractivity contribution in [1.82, 2.24) is 10.3 Å². The SMILES string of the molecule is COc1ncccc1CNC(=O)c1cc(F)ccc1N. The van der Waals surface area contributed by atoms with Crippen molar-refractivity contribution in [2.24, 2.45) is 0 Å². The second-order valence-electron chi connectivity index (χ2n) is 4.09. The molecule has 1 amide bonds. The Bertz CT molecular complexity index is 632. The van der Waals surface area contributed by atoms with Gasteiger partial charge in [0, 0.05) is 24.0 Å². The highest BCUT2D eigenvalue weighted by Crippen LogP contribution is 2.15. The van der Waals surface area contributed by atoms with Gasteiger partial charge in [0.05, 0.1) is 12.7 Å². The molecule has 0 bridgehead atoms. The molecule has 0 spiro atoms. The van der Waals surface area contributed by atoms with E-state index in [0.717, 1.165) is 11.6 Å². The Morgan fingerprint density at radius 1 is 1.45 bits per heavy atom. The fourth-order valence-electron chi connectivity index (χ4n) is 1.74. The first-order chi connectivity index (χ1) is 9.61. The summed E-state index contributed by atoms with van der Waals surface area (Å²) in [5, 5.41) is 2.65. The number of nitrogens with one attached hydrogen (secondary N) is 1. The zero-order chi connectivity index (χ0) is 14.5. The van der Waals surface area contributed by atoms with E-state index in [2.05, 4.69) is 10.3 Å². The van der Waals surface area contributed by atoms with Crippen LogP contribution in [0, 0.1) is 5.82 Å². The van der Waals surface area contributed by atoms with Crippen LogP contribution >= 0.6 is 0 Å². The monoisotopic (exact) mass is 275 g/mol. The number of methoxy groups -OCH3 is 1. The summed E-state index contributed by atoms with van der Waals surface area (Å²) in [6.07, 6.45) is 1.59. The summed E-state index contributed by atoms with van der Waals surface area (Å²) >= 11 is 0. The van der Waals surface area contributed by atoms with Gasteiger partial charge in [0.15, 0.2) is 0 Å². The van der Waals surface area contributed by atoms with Crippen LogP contribution in [0.2, 0.25) is 0 Å². The first-order valence-corrected chi connectivity index (χ1v) is 5.93. The molecule has 1 aromatic heterocycles. The van der Waals surface area contributed by atoms with Gasteiger partial charge in [-0.1, -0.05) is 6.07 Å². The normalized spacial score (nSPS) is 10.1. The van der Waals surface area contributed by atoms with E-state index in [1.807, 2.05) is 0 Å². The fraction of sp³-hybridized carbons (Fsp3) is 0.143. The number of carbonyl (C=O) groups is 1. The topological polar surface area (TPSA) is 77.2 Å². The number of nitrogens with zero attached hydrogens (tertiary/aromatic N) is 1. The minimum atomic E-state index is -0.511. The molecule has 104 valence electrons. The summed E-state index contributed by atoms with van der Waals surface area (Å²) in [4.78, 5) is 16.0. The van der Waals surface area contributed by atoms with Gasteiger partial charge in [-0.2, -0.15) is 0 Å². The molecular formula is C14H14FN3O2. The quantitative estimate of drug-likeness (QED) is 0.833. The third kappa shape index (κ3) is 3.03. The fourth-order valence-corrected chi connectivity index (χ4v) is 1.74. The molecule has 3 N–H and O–H groups in total. The van der Waals surface area contributed by atoms with Crippen molar-refractivity contribution in [1.29, 1.82) is 0 Å². The predicted molar refractivity (Wildman–Crippen MR) is 72.8 cm³/mol. The number of rotatable bonds is 4. The van der Waals surface area contributed by atoms with E-state index < -0.39 is 11.7 Å². The molecule has 6 heteroatoms. The number of nitrogens with two attached hydrogens (primary N) is 1. The Hall–Kier alpha value is -2.63. The largest absolute Gasteiger partial charge is 0.481 e. The van der Waals surface area contributed by atoms with E-state index in [1.54, 1.807) is 18.3 Å². The summed E-state index contributed by atoms with van der Waals surface area (Å²) in [6, 6.07) is 7.18. The Kier molecular flexibility index (Phi) is 4.14. The van der Waals surface area contributed by atoms with Crippen molar-refractivity contribution in [3.05, 3.63) is 53.5 Å². The maximum atomic E-state index is 13.1.